The van der Waals surface area contributed by atoms with Gasteiger partial charge in [-0.05, 0) is 37.6 Å². The zero-order valence-electron chi connectivity index (χ0n) is 13.5. The van der Waals surface area contributed by atoms with Crippen LogP contribution in [0.3, 0.4) is 0 Å². The predicted molar refractivity (Wildman–Crippen MR) is 92.5 cm³/mol. The highest BCUT2D eigenvalue weighted by molar-refractivity contribution is 7.11. The SMILES string of the molecule is Cc1ccc(CN2CCN(c3nccc(C)c3C(=O)O)CC2)s1. The number of hydrogen-bond donors (Lipinski definition) is 1. The zero-order chi connectivity index (χ0) is 16.4. The van der Waals surface area contributed by atoms with Crippen LogP contribution in [0, 0.1) is 13.8 Å². The number of aromatic carboxylic acids is 1. The molecular weight excluding hydrogens is 310 g/mol. The van der Waals surface area contributed by atoms with Crippen LogP contribution < -0.4 is 4.90 Å². The van der Waals surface area contributed by atoms with E-state index < -0.39 is 5.97 Å². The fourth-order valence-corrected chi connectivity index (χ4v) is 3.89. The Kier molecular flexibility index (Phi) is 4.63. The number of hydrogen-bond acceptors (Lipinski definition) is 5. The van der Waals surface area contributed by atoms with Crippen molar-refractivity contribution in [1.29, 1.82) is 0 Å². The highest BCUT2D eigenvalue weighted by Crippen LogP contribution is 2.23. The van der Waals surface area contributed by atoms with E-state index in [0.29, 0.717) is 11.4 Å². The van der Waals surface area contributed by atoms with Gasteiger partial charge in [-0.15, -0.1) is 11.3 Å². The van der Waals surface area contributed by atoms with Crippen LogP contribution in [0.5, 0.6) is 0 Å². The second kappa shape index (κ2) is 6.68. The third-order valence-electron chi connectivity index (χ3n) is 4.20. The van der Waals surface area contributed by atoms with E-state index in [1.54, 1.807) is 12.3 Å². The summed E-state index contributed by atoms with van der Waals surface area (Å²) in [7, 11) is 0. The number of rotatable bonds is 4. The Morgan fingerprint density at radius 3 is 2.57 bits per heavy atom. The number of anilines is 1. The van der Waals surface area contributed by atoms with Gasteiger partial charge in [-0.2, -0.15) is 0 Å². The van der Waals surface area contributed by atoms with Crippen molar-refractivity contribution < 1.29 is 9.90 Å². The molecule has 3 heterocycles. The normalized spacial score (nSPS) is 15.8. The second-order valence-electron chi connectivity index (χ2n) is 5.91. The van der Waals surface area contributed by atoms with E-state index in [9.17, 15) is 9.90 Å². The number of carbonyl (C=O) groups is 1. The molecule has 1 aliphatic rings. The minimum Gasteiger partial charge on any atom is -0.478 e. The molecule has 0 aromatic carbocycles. The molecule has 0 radical (unpaired) electrons. The van der Waals surface area contributed by atoms with Crippen LogP contribution in [0.15, 0.2) is 24.4 Å². The summed E-state index contributed by atoms with van der Waals surface area (Å²) >= 11 is 1.84. The van der Waals surface area contributed by atoms with Crippen molar-refractivity contribution >= 4 is 23.1 Å². The van der Waals surface area contributed by atoms with Crippen LogP contribution >= 0.6 is 11.3 Å². The number of nitrogens with zero attached hydrogens (tertiary/aromatic N) is 3. The summed E-state index contributed by atoms with van der Waals surface area (Å²) in [5, 5.41) is 9.45. The van der Waals surface area contributed by atoms with Crippen LogP contribution in [0.4, 0.5) is 5.82 Å². The lowest BCUT2D eigenvalue weighted by molar-refractivity contribution is 0.0696. The van der Waals surface area contributed by atoms with Gasteiger partial charge < -0.3 is 10.0 Å². The first-order valence-electron chi connectivity index (χ1n) is 7.76. The monoisotopic (exact) mass is 331 g/mol. The highest BCUT2D eigenvalue weighted by atomic mass is 32.1. The lowest BCUT2D eigenvalue weighted by Gasteiger charge is -2.35. The molecule has 2 aromatic heterocycles. The average Bonchev–Trinajstić information content (AvgIpc) is 2.92. The van der Waals surface area contributed by atoms with Gasteiger partial charge in [0.1, 0.15) is 11.4 Å². The Balaban J connectivity index is 1.67. The molecule has 0 aliphatic carbocycles. The largest absolute Gasteiger partial charge is 0.478 e. The Labute approximate surface area is 140 Å². The van der Waals surface area contributed by atoms with Gasteiger partial charge in [-0.1, -0.05) is 0 Å². The first kappa shape index (κ1) is 16.0. The average molecular weight is 331 g/mol. The number of pyridine rings is 1. The first-order chi connectivity index (χ1) is 11.0. The zero-order valence-corrected chi connectivity index (χ0v) is 14.3. The molecule has 0 atom stereocenters. The second-order valence-corrected chi connectivity index (χ2v) is 7.28. The Hall–Kier alpha value is -1.92. The van der Waals surface area contributed by atoms with E-state index in [4.69, 9.17) is 0 Å². The lowest BCUT2D eigenvalue weighted by Crippen LogP contribution is -2.46. The van der Waals surface area contributed by atoms with Crippen LogP contribution in [0.1, 0.15) is 25.7 Å². The van der Waals surface area contributed by atoms with Gasteiger partial charge in [0.2, 0.25) is 0 Å². The van der Waals surface area contributed by atoms with E-state index >= 15 is 0 Å². The maximum absolute atomic E-state index is 11.5. The van der Waals surface area contributed by atoms with Gasteiger partial charge in [-0.3, -0.25) is 4.90 Å². The summed E-state index contributed by atoms with van der Waals surface area (Å²) in [4.78, 5) is 23.1. The summed E-state index contributed by atoms with van der Waals surface area (Å²) in [5.74, 6) is -0.300. The van der Waals surface area contributed by atoms with Crippen LogP contribution in [0.25, 0.3) is 0 Å². The topological polar surface area (TPSA) is 56.7 Å². The first-order valence-corrected chi connectivity index (χ1v) is 8.58. The fourth-order valence-electron chi connectivity index (χ4n) is 2.96. The van der Waals surface area contributed by atoms with Gasteiger partial charge in [0, 0.05) is 48.7 Å². The predicted octanol–water partition coefficient (Wildman–Crippen LogP) is 2.78. The molecule has 1 fully saturated rings. The molecule has 122 valence electrons. The van der Waals surface area contributed by atoms with E-state index in [-0.39, 0.29) is 0 Å². The molecular formula is C17H21N3O2S. The molecule has 0 unspecified atom stereocenters. The van der Waals surface area contributed by atoms with Crippen LogP contribution in [-0.2, 0) is 6.54 Å². The third kappa shape index (κ3) is 3.54. The summed E-state index contributed by atoms with van der Waals surface area (Å²) in [6.07, 6.45) is 1.69. The molecule has 1 saturated heterocycles. The van der Waals surface area contributed by atoms with Crippen LogP contribution in [0.2, 0.25) is 0 Å². The highest BCUT2D eigenvalue weighted by Gasteiger charge is 2.23. The van der Waals surface area contributed by atoms with Crippen molar-refractivity contribution in [1.82, 2.24) is 9.88 Å². The van der Waals surface area contributed by atoms with E-state index in [1.807, 2.05) is 18.3 Å². The van der Waals surface area contributed by atoms with Crippen molar-refractivity contribution in [3.05, 3.63) is 45.3 Å². The molecule has 6 heteroatoms. The minimum absolute atomic E-state index is 0.329. The van der Waals surface area contributed by atoms with Gasteiger partial charge >= 0.3 is 5.97 Å². The van der Waals surface area contributed by atoms with Crippen molar-refractivity contribution in [3.8, 4) is 0 Å². The van der Waals surface area contributed by atoms with Crippen molar-refractivity contribution in [2.24, 2.45) is 0 Å². The molecule has 0 amide bonds. The number of aryl methyl sites for hydroxylation is 2. The van der Waals surface area contributed by atoms with Gasteiger partial charge in [0.15, 0.2) is 0 Å². The number of aromatic nitrogens is 1. The Morgan fingerprint density at radius 1 is 1.22 bits per heavy atom. The van der Waals surface area contributed by atoms with E-state index in [2.05, 4.69) is 33.8 Å². The van der Waals surface area contributed by atoms with E-state index in [1.165, 1.54) is 9.75 Å². The van der Waals surface area contributed by atoms with Crippen LogP contribution in [-0.4, -0.2) is 47.1 Å². The molecule has 0 bridgehead atoms. The molecule has 0 saturated carbocycles. The van der Waals surface area contributed by atoms with Crippen molar-refractivity contribution in [2.75, 3.05) is 31.1 Å². The molecule has 1 N–H and O–H groups in total. The third-order valence-corrected chi connectivity index (χ3v) is 5.19. The number of piperazine rings is 1. The van der Waals surface area contributed by atoms with Gasteiger partial charge in [0.25, 0.3) is 0 Å². The number of carboxylic acids is 1. The van der Waals surface area contributed by atoms with Crippen molar-refractivity contribution in [2.45, 2.75) is 20.4 Å². The Bertz CT molecular complexity index is 706. The van der Waals surface area contributed by atoms with Gasteiger partial charge in [0.05, 0.1) is 0 Å². The summed E-state index contributed by atoms with van der Waals surface area (Å²) < 4.78 is 0. The van der Waals surface area contributed by atoms with Gasteiger partial charge in [-0.25, -0.2) is 9.78 Å². The molecule has 3 rings (SSSR count). The standard InChI is InChI=1S/C17H21N3O2S/c1-12-5-6-18-16(15(12)17(21)22)20-9-7-19(8-10-20)11-14-4-3-13(2)23-14/h3-6H,7-11H2,1-2H3,(H,21,22). The number of carboxylic acid groups (broad SMARTS) is 1. The quantitative estimate of drug-likeness (QED) is 0.933. The number of thiophene rings is 1. The van der Waals surface area contributed by atoms with Crippen molar-refractivity contribution in [3.63, 3.8) is 0 Å². The molecule has 0 spiro atoms. The Morgan fingerprint density at radius 2 is 1.96 bits per heavy atom. The summed E-state index contributed by atoms with van der Waals surface area (Å²) in [6.45, 7) is 8.38. The van der Waals surface area contributed by atoms with E-state index in [0.717, 1.165) is 38.3 Å². The minimum atomic E-state index is -0.901. The maximum atomic E-state index is 11.5. The maximum Gasteiger partial charge on any atom is 0.339 e. The molecule has 5 nitrogen and oxygen atoms in total. The lowest BCUT2D eigenvalue weighted by atomic mass is 10.1. The smallest absolute Gasteiger partial charge is 0.339 e. The fraction of sp³-hybridized carbons (Fsp3) is 0.412. The molecule has 2 aromatic rings. The summed E-state index contributed by atoms with van der Waals surface area (Å²) in [5.41, 5.74) is 1.09. The summed E-state index contributed by atoms with van der Waals surface area (Å²) in [6, 6.07) is 6.10. The molecule has 1 aliphatic heterocycles. The molecule has 23 heavy (non-hydrogen) atoms.